The van der Waals surface area contributed by atoms with Crippen molar-refractivity contribution in [3.05, 3.63) is 64.8 Å². The minimum Gasteiger partial charge on any atom is -0.487 e. The van der Waals surface area contributed by atoms with Crippen LogP contribution >= 0.6 is 11.6 Å². The van der Waals surface area contributed by atoms with Crippen LogP contribution in [0.2, 0.25) is 5.02 Å². The molecule has 1 fully saturated rings. The Balaban J connectivity index is 1.64. The maximum Gasteiger partial charge on any atom is 0.165 e. The van der Waals surface area contributed by atoms with Crippen molar-refractivity contribution in [2.45, 2.75) is 25.9 Å². The predicted octanol–water partition coefficient (Wildman–Crippen LogP) is 4.98. The van der Waals surface area contributed by atoms with Gasteiger partial charge in [-0.3, -0.25) is 4.79 Å². The van der Waals surface area contributed by atoms with Gasteiger partial charge in [0.25, 0.3) is 0 Å². The van der Waals surface area contributed by atoms with Crippen molar-refractivity contribution < 1.29 is 9.53 Å². The summed E-state index contributed by atoms with van der Waals surface area (Å²) in [6, 6.07) is 15.4. The molecule has 0 spiro atoms. The second-order valence-corrected chi connectivity index (χ2v) is 7.92. The molecule has 3 aromatic rings. The number of fused-ring (bicyclic) bond motifs is 1. The van der Waals surface area contributed by atoms with Gasteiger partial charge in [-0.1, -0.05) is 29.8 Å². The Bertz CT molecular complexity index is 972. The SMILES string of the molecule is Cn1c(COc2ccc(Cl)cc2)c(C(=O)CC2CCCNC2)c2ccccc21. The lowest BCUT2D eigenvalue weighted by Crippen LogP contribution is -2.31. The van der Waals surface area contributed by atoms with Crippen molar-refractivity contribution in [3.63, 3.8) is 0 Å². The highest BCUT2D eigenvalue weighted by molar-refractivity contribution is 6.30. The minimum atomic E-state index is 0.209. The Morgan fingerprint density at radius 1 is 1.21 bits per heavy atom. The Labute approximate surface area is 170 Å². The largest absolute Gasteiger partial charge is 0.487 e. The van der Waals surface area contributed by atoms with Crippen molar-refractivity contribution in [1.29, 1.82) is 0 Å². The normalized spacial score (nSPS) is 17.0. The summed E-state index contributed by atoms with van der Waals surface area (Å²) in [6.45, 7) is 2.32. The molecule has 4 nitrogen and oxygen atoms in total. The van der Waals surface area contributed by atoms with E-state index in [1.807, 2.05) is 37.4 Å². The maximum atomic E-state index is 13.3. The standard InChI is InChI=1S/C23H25ClN2O2/c1-26-20-7-3-2-6-19(20)23(22(27)13-16-5-4-12-25-14-16)21(26)15-28-18-10-8-17(24)9-11-18/h2-3,6-11,16,25H,4-5,12-15H2,1H3. The molecular weight excluding hydrogens is 372 g/mol. The van der Waals surface area contributed by atoms with Crippen LogP contribution in [-0.2, 0) is 13.7 Å². The molecule has 0 radical (unpaired) electrons. The third kappa shape index (κ3) is 3.94. The fraction of sp³-hybridized carbons (Fsp3) is 0.348. The molecule has 1 N–H and O–H groups in total. The van der Waals surface area contributed by atoms with Crippen LogP contribution in [-0.4, -0.2) is 23.4 Å². The number of nitrogens with zero attached hydrogens (tertiary/aromatic N) is 1. The number of ether oxygens (including phenoxy) is 1. The number of hydrogen-bond acceptors (Lipinski definition) is 3. The highest BCUT2D eigenvalue weighted by atomic mass is 35.5. The molecule has 2 heterocycles. The quantitative estimate of drug-likeness (QED) is 0.597. The van der Waals surface area contributed by atoms with E-state index < -0.39 is 0 Å². The zero-order valence-corrected chi connectivity index (χ0v) is 16.8. The van der Waals surface area contributed by atoms with Gasteiger partial charge < -0.3 is 14.6 Å². The Morgan fingerprint density at radius 2 is 2.00 bits per heavy atom. The van der Waals surface area contributed by atoms with Crippen LogP contribution in [0.3, 0.4) is 0 Å². The van der Waals surface area contributed by atoms with E-state index in [9.17, 15) is 4.79 Å². The van der Waals surface area contributed by atoms with Gasteiger partial charge in [-0.05, 0) is 62.2 Å². The van der Waals surface area contributed by atoms with E-state index in [-0.39, 0.29) is 5.78 Å². The average Bonchev–Trinajstić information content (AvgIpc) is 3.00. The number of benzene rings is 2. The molecule has 1 atom stereocenters. The van der Waals surface area contributed by atoms with Crippen LogP contribution in [0, 0.1) is 5.92 Å². The van der Waals surface area contributed by atoms with Gasteiger partial charge in [0.05, 0.1) is 5.69 Å². The van der Waals surface area contributed by atoms with Gasteiger partial charge in [0, 0.05) is 35.0 Å². The summed E-state index contributed by atoms with van der Waals surface area (Å²) in [4.78, 5) is 13.3. The van der Waals surface area contributed by atoms with Crippen molar-refractivity contribution in [1.82, 2.24) is 9.88 Å². The zero-order valence-electron chi connectivity index (χ0n) is 16.1. The van der Waals surface area contributed by atoms with E-state index in [0.29, 0.717) is 24.0 Å². The molecule has 1 aromatic heterocycles. The summed E-state index contributed by atoms with van der Waals surface area (Å²) in [7, 11) is 2.00. The van der Waals surface area contributed by atoms with E-state index in [2.05, 4.69) is 16.0 Å². The molecule has 4 rings (SSSR count). The highest BCUT2D eigenvalue weighted by Gasteiger charge is 2.24. The molecule has 0 bridgehead atoms. The fourth-order valence-electron chi connectivity index (χ4n) is 4.07. The van der Waals surface area contributed by atoms with Crippen molar-refractivity contribution in [2.24, 2.45) is 13.0 Å². The fourth-order valence-corrected chi connectivity index (χ4v) is 4.20. The first-order valence-electron chi connectivity index (χ1n) is 9.82. The van der Waals surface area contributed by atoms with Crippen LogP contribution in [0.15, 0.2) is 48.5 Å². The summed E-state index contributed by atoms with van der Waals surface area (Å²) < 4.78 is 8.08. The van der Waals surface area contributed by atoms with Gasteiger partial charge in [0.2, 0.25) is 0 Å². The van der Waals surface area contributed by atoms with Crippen LogP contribution in [0.4, 0.5) is 0 Å². The molecule has 0 aliphatic carbocycles. The van der Waals surface area contributed by atoms with Crippen LogP contribution in [0.5, 0.6) is 5.75 Å². The molecule has 1 aliphatic rings. The van der Waals surface area contributed by atoms with E-state index in [1.54, 1.807) is 12.1 Å². The first-order chi connectivity index (χ1) is 13.6. The van der Waals surface area contributed by atoms with E-state index in [4.69, 9.17) is 16.3 Å². The molecule has 1 saturated heterocycles. The Kier molecular flexibility index (Phi) is 5.69. The lowest BCUT2D eigenvalue weighted by molar-refractivity contribution is 0.0952. The second kappa shape index (κ2) is 8.38. The number of para-hydroxylation sites is 1. The number of rotatable bonds is 6. The van der Waals surface area contributed by atoms with Crippen LogP contribution in [0.25, 0.3) is 10.9 Å². The molecule has 0 amide bonds. The van der Waals surface area contributed by atoms with Gasteiger partial charge in [0.1, 0.15) is 12.4 Å². The molecule has 1 aliphatic heterocycles. The van der Waals surface area contributed by atoms with E-state index >= 15 is 0 Å². The average molecular weight is 397 g/mol. The maximum absolute atomic E-state index is 13.3. The molecule has 28 heavy (non-hydrogen) atoms. The summed E-state index contributed by atoms with van der Waals surface area (Å²) in [5.41, 5.74) is 2.78. The third-order valence-electron chi connectivity index (χ3n) is 5.57. The number of ketones is 1. The zero-order chi connectivity index (χ0) is 19.5. The number of aryl methyl sites for hydroxylation is 1. The van der Waals surface area contributed by atoms with Crippen molar-refractivity contribution in [3.8, 4) is 5.75 Å². The molecule has 1 unspecified atom stereocenters. The highest BCUT2D eigenvalue weighted by Crippen LogP contribution is 2.29. The van der Waals surface area contributed by atoms with Gasteiger partial charge in [-0.2, -0.15) is 0 Å². The van der Waals surface area contributed by atoms with E-state index in [0.717, 1.165) is 53.8 Å². The first kappa shape index (κ1) is 19.0. The van der Waals surface area contributed by atoms with Crippen molar-refractivity contribution >= 4 is 28.3 Å². The summed E-state index contributed by atoms with van der Waals surface area (Å²) >= 11 is 5.96. The molecular formula is C23H25ClN2O2. The number of carbonyl (C=O) groups excluding carboxylic acids is 1. The molecule has 0 saturated carbocycles. The van der Waals surface area contributed by atoms with Crippen LogP contribution in [0.1, 0.15) is 35.3 Å². The van der Waals surface area contributed by atoms with Gasteiger partial charge in [-0.25, -0.2) is 0 Å². The second-order valence-electron chi connectivity index (χ2n) is 7.48. The summed E-state index contributed by atoms with van der Waals surface area (Å²) in [6.07, 6.45) is 2.83. The Hall–Kier alpha value is -2.30. The van der Waals surface area contributed by atoms with Gasteiger partial charge >= 0.3 is 0 Å². The lowest BCUT2D eigenvalue weighted by Gasteiger charge is -2.22. The number of nitrogens with one attached hydrogen (secondary N) is 1. The monoisotopic (exact) mass is 396 g/mol. The topological polar surface area (TPSA) is 43.3 Å². The number of hydrogen-bond donors (Lipinski definition) is 1. The van der Waals surface area contributed by atoms with Gasteiger partial charge in [0.15, 0.2) is 5.78 Å². The lowest BCUT2D eigenvalue weighted by atomic mass is 9.91. The minimum absolute atomic E-state index is 0.209. The Morgan fingerprint density at radius 3 is 2.75 bits per heavy atom. The number of halogens is 1. The van der Waals surface area contributed by atoms with Crippen LogP contribution < -0.4 is 10.1 Å². The molecule has 5 heteroatoms. The number of Topliss-reactive ketones (excluding diaryl/α,β-unsaturated/α-hetero) is 1. The smallest absolute Gasteiger partial charge is 0.165 e. The van der Waals surface area contributed by atoms with Crippen molar-refractivity contribution in [2.75, 3.05) is 13.1 Å². The molecule has 146 valence electrons. The number of carbonyl (C=O) groups is 1. The predicted molar refractivity (Wildman–Crippen MR) is 113 cm³/mol. The van der Waals surface area contributed by atoms with Gasteiger partial charge in [-0.15, -0.1) is 0 Å². The number of aromatic nitrogens is 1. The summed E-state index contributed by atoms with van der Waals surface area (Å²) in [5.74, 6) is 1.36. The summed E-state index contributed by atoms with van der Waals surface area (Å²) in [5, 5.41) is 5.09. The first-order valence-corrected chi connectivity index (χ1v) is 10.2. The van der Waals surface area contributed by atoms with E-state index in [1.165, 1.54) is 0 Å². The number of piperidine rings is 1. The third-order valence-corrected chi connectivity index (χ3v) is 5.82. The molecule has 2 aromatic carbocycles.